The summed E-state index contributed by atoms with van der Waals surface area (Å²) in [6, 6.07) is 0. The predicted octanol–water partition coefficient (Wildman–Crippen LogP) is 10.9. The first-order valence-electron chi connectivity index (χ1n) is 20.0. The number of ketones is 1. The highest BCUT2D eigenvalue weighted by Crippen LogP contribution is 2.71. The summed E-state index contributed by atoms with van der Waals surface area (Å²) in [5, 5.41) is 20.2. The molecule has 15 atom stereocenters. The Balaban J connectivity index is 0.000000167. The van der Waals surface area contributed by atoms with Crippen LogP contribution in [0, 0.1) is 63.1 Å². The van der Waals surface area contributed by atoms with Crippen molar-refractivity contribution in [1.29, 1.82) is 0 Å². The predicted molar refractivity (Wildman–Crippen MR) is 195 cm³/mol. The fourth-order valence-electron chi connectivity index (χ4n) is 15.1. The van der Waals surface area contributed by atoms with Crippen LogP contribution in [0.3, 0.4) is 0 Å². The minimum absolute atomic E-state index is 0. The van der Waals surface area contributed by atoms with Gasteiger partial charge < -0.3 is 10.2 Å². The first kappa shape index (κ1) is 37.7. The molecule has 0 radical (unpaired) electrons. The van der Waals surface area contributed by atoms with Crippen LogP contribution in [0.15, 0.2) is 23.8 Å². The molecule has 0 heterocycles. The van der Waals surface area contributed by atoms with Gasteiger partial charge in [0, 0.05) is 10.8 Å². The van der Waals surface area contributed by atoms with Crippen molar-refractivity contribution in [2.45, 2.75) is 182 Å². The lowest BCUT2D eigenvalue weighted by atomic mass is 9.44. The molecule has 0 spiro atoms. The molecular formula is C44H70F2O3. The lowest BCUT2D eigenvalue weighted by Gasteiger charge is -2.61. The van der Waals surface area contributed by atoms with E-state index in [0.29, 0.717) is 53.8 Å². The maximum absolute atomic E-state index is 15.9. The number of carbonyl (C=O) groups excluding carboxylic acids is 1. The molecule has 3 nitrogen and oxygen atoms in total. The standard InChI is InChI=1S/C22H35FO.C21H31FO2.CH4/c1-14(2)22(23)12-9-19-17-6-5-15-13-16(24)7-10-20(15,3)18(17)8-11-21(19,22)4;1-13(23)21(22)11-8-18-16-5-4-14-12-15(24)6-9-19(14,2)17(16)7-10-20(18,21)3;/h15-19,24H,1,5-13H2,2-4H3;4,15-18,24H,5-12H2,1-3H3;1H4. The van der Waals surface area contributed by atoms with E-state index in [-0.39, 0.29) is 36.2 Å². The van der Waals surface area contributed by atoms with E-state index >= 15 is 8.78 Å². The average molecular weight is 685 g/mol. The van der Waals surface area contributed by atoms with Gasteiger partial charge in [0.25, 0.3) is 0 Å². The molecule has 7 saturated carbocycles. The van der Waals surface area contributed by atoms with Crippen molar-refractivity contribution >= 4 is 5.78 Å². The molecule has 0 bridgehead atoms. The summed E-state index contributed by atoms with van der Waals surface area (Å²) in [5.74, 6) is 3.82. The first-order chi connectivity index (χ1) is 22.4. The lowest BCUT2D eigenvalue weighted by molar-refractivity contribution is -0.144. The maximum Gasteiger partial charge on any atom is 0.174 e. The Morgan fingerprint density at radius 3 is 1.94 bits per heavy atom. The third-order valence-corrected chi connectivity index (χ3v) is 18.1. The van der Waals surface area contributed by atoms with E-state index in [1.807, 2.05) is 6.92 Å². The molecule has 5 heteroatoms. The third-order valence-electron chi connectivity index (χ3n) is 18.1. The number of halogens is 2. The van der Waals surface area contributed by atoms with Gasteiger partial charge >= 0.3 is 0 Å². The molecule has 8 aliphatic carbocycles. The second kappa shape index (κ2) is 12.5. The van der Waals surface area contributed by atoms with Crippen LogP contribution in [0.1, 0.15) is 158 Å². The molecule has 0 aliphatic heterocycles. The number of rotatable bonds is 2. The Hall–Kier alpha value is -1.07. The Morgan fingerprint density at radius 1 is 0.714 bits per heavy atom. The molecule has 278 valence electrons. The van der Waals surface area contributed by atoms with Crippen molar-refractivity contribution < 1.29 is 23.8 Å². The molecule has 0 aromatic rings. The van der Waals surface area contributed by atoms with Crippen molar-refractivity contribution in [1.82, 2.24) is 0 Å². The van der Waals surface area contributed by atoms with Gasteiger partial charge in [0.1, 0.15) is 5.67 Å². The van der Waals surface area contributed by atoms with E-state index in [4.69, 9.17) is 0 Å². The molecule has 2 N–H and O–H groups in total. The molecule has 8 aliphatic rings. The molecule has 7 fully saturated rings. The summed E-state index contributed by atoms with van der Waals surface area (Å²) in [5.41, 5.74) is -0.670. The number of carbonyl (C=O) groups is 1. The SMILES string of the molecule is C.C=C(C)C1(F)CCC2C3CCC4CC(O)CCC4(C)C3CCC21C.CC(=O)C1(F)CCC2C3CC=C4CC(O)CCC4(C)C3CCC21C. The van der Waals surface area contributed by atoms with Gasteiger partial charge in [-0.3, -0.25) is 4.79 Å². The van der Waals surface area contributed by atoms with Crippen LogP contribution in [-0.2, 0) is 4.79 Å². The number of aliphatic hydroxyl groups is 2. The Labute approximate surface area is 297 Å². The van der Waals surface area contributed by atoms with Gasteiger partial charge in [0.2, 0.25) is 0 Å². The number of fused-ring (bicyclic) bond motifs is 10. The van der Waals surface area contributed by atoms with Crippen LogP contribution in [0.4, 0.5) is 8.78 Å². The van der Waals surface area contributed by atoms with Crippen molar-refractivity contribution in [3.05, 3.63) is 23.8 Å². The number of hydrogen-bond donors (Lipinski definition) is 2. The lowest BCUT2D eigenvalue weighted by Crippen LogP contribution is -2.56. The minimum atomic E-state index is -1.61. The maximum atomic E-state index is 15.9. The third kappa shape index (κ3) is 5.20. The zero-order chi connectivity index (χ0) is 34.7. The van der Waals surface area contributed by atoms with Gasteiger partial charge in [-0.15, -0.1) is 0 Å². The molecule has 15 unspecified atom stereocenters. The summed E-state index contributed by atoms with van der Waals surface area (Å²) in [6.45, 7) is 16.5. The Kier molecular flexibility index (Phi) is 9.63. The molecule has 0 aromatic heterocycles. The fraction of sp³-hybridized carbons (Fsp3) is 0.886. The van der Waals surface area contributed by atoms with Crippen molar-refractivity contribution in [2.75, 3.05) is 0 Å². The number of hydrogen-bond acceptors (Lipinski definition) is 3. The second-order valence-corrected chi connectivity index (χ2v) is 19.7. The molecule has 0 aromatic carbocycles. The van der Waals surface area contributed by atoms with Crippen LogP contribution in [-0.4, -0.2) is 39.5 Å². The van der Waals surface area contributed by atoms with E-state index in [1.165, 1.54) is 38.2 Å². The van der Waals surface area contributed by atoms with Gasteiger partial charge in [-0.2, -0.15) is 0 Å². The first-order valence-corrected chi connectivity index (χ1v) is 20.0. The quantitative estimate of drug-likeness (QED) is 0.285. The van der Waals surface area contributed by atoms with Crippen molar-refractivity contribution in [2.24, 2.45) is 63.1 Å². The summed E-state index contributed by atoms with van der Waals surface area (Å²) >= 11 is 0. The van der Waals surface area contributed by atoms with Crippen LogP contribution in [0.5, 0.6) is 0 Å². The molecule has 8 rings (SSSR count). The van der Waals surface area contributed by atoms with Gasteiger partial charge in [-0.1, -0.05) is 53.3 Å². The van der Waals surface area contributed by atoms with Gasteiger partial charge in [-0.25, -0.2) is 8.78 Å². The van der Waals surface area contributed by atoms with E-state index in [2.05, 4.69) is 40.3 Å². The van der Waals surface area contributed by atoms with Gasteiger partial charge in [0.05, 0.1) is 12.2 Å². The number of alkyl halides is 2. The van der Waals surface area contributed by atoms with Crippen LogP contribution in [0.2, 0.25) is 0 Å². The Bertz CT molecular complexity index is 1340. The zero-order valence-electron chi connectivity index (χ0n) is 31.1. The van der Waals surface area contributed by atoms with E-state index in [0.717, 1.165) is 82.1 Å². The Morgan fingerprint density at radius 2 is 1.29 bits per heavy atom. The summed E-state index contributed by atoms with van der Waals surface area (Å²) < 4.78 is 31.5. The smallest absolute Gasteiger partial charge is 0.174 e. The summed E-state index contributed by atoms with van der Waals surface area (Å²) in [6.07, 6.45) is 18.6. The van der Waals surface area contributed by atoms with Crippen LogP contribution >= 0.6 is 0 Å². The highest BCUT2D eigenvalue weighted by Gasteiger charge is 2.67. The van der Waals surface area contributed by atoms with Crippen molar-refractivity contribution in [3.8, 4) is 0 Å². The van der Waals surface area contributed by atoms with E-state index < -0.39 is 16.8 Å². The second-order valence-electron chi connectivity index (χ2n) is 19.7. The summed E-state index contributed by atoms with van der Waals surface area (Å²) in [4.78, 5) is 12.1. The molecule has 49 heavy (non-hydrogen) atoms. The van der Waals surface area contributed by atoms with Crippen LogP contribution < -0.4 is 0 Å². The highest BCUT2D eigenvalue weighted by atomic mass is 19.1. The van der Waals surface area contributed by atoms with E-state index in [9.17, 15) is 15.0 Å². The number of allylic oxidation sites excluding steroid dienone is 2. The summed E-state index contributed by atoms with van der Waals surface area (Å²) in [7, 11) is 0. The number of Topliss-reactive ketones (excluding diaryl/α,β-unsaturated/α-hetero) is 1. The fourth-order valence-corrected chi connectivity index (χ4v) is 15.1. The number of aliphatic hydroxyl groups excluding tert-OH is 2. The van der Waals surface area contributed by atoms with E-state index in [1.54, 1.807) is 0 Å². The minimum Gasteiger partial charge on any atom is -0.393 e. The van der Waals surface area contributed by atoms with Crippen molar-refractivity contribution in [3.63, 3.8) is 0 Å². The highest BCUT2D eigenvalue weighted by molar-refractivity contribution is 5.86. The molecule has 0 amide bonds. The molecular weight excluding hydrogens is 614 g/mol. The van der Waals surface area contributed by atoms with Gasteiger partial charge in [0.15, 0.2) is 11.5 Å². The monoisotopic (exact) mass is 685 g/mol. The average Bonchev–Trinajstić information content (AvgIpc) is 3.49. The van der Waals surface area contributed by atoms with Crippen LogP contribution in [0.25, 0.3) is 0 Å². The largest absolute Gasteiger partial charge is 0.393 e. The zero-order valence-corrected chi connectivity index (χ0v) is 31.1. The molecule has 0 saturated heterocycles. The topological polar surface area (TPSA) is 57.5 Å². The van der Waals surface area contributed by atoms with Gasteiger partial charge in [-0.05, 0) is 181 Å². The normalized spacial score (nSPS) is 54.2.